The van der Waals surface area contributed by atoms with Crippen LogP contribution in [-0.2, 0) is 0 Å². The molecule has 3 N–H and O–H groups in total. The van der Waals surface area contributed by atoms with Crippen molar-refractivity contribution < 1.29 is 5.11 Å². The molecule has 1 aliphatic rings. The predicted octanol–water partition coefficient (Wildman–Crippen LogP) is 1.46. The number of hydrogen-bond acceptors (Lipinski definition) is 4. The first-order valence-corrected chi connectivity index (χ1v) is 6.62. The lowest BCUT2D eigenvalue weighted by atomic mass is 9.98. The molecule has 0 spiro atoms. The first-order valence-electron chi connectivity index (χ1n) is 6.21. The van der Waals surface area contributed by atoms with Crippen molar-refractivity contribution in [2.45, 2.75) is 31.8 Å². The number of aromatic nitrogens is 1. The Balaban J connectivity index is 2.09. The van der Waals surface area contributed by atoms with Crippen molar-refractivity contribution >= 4 is 22.9 Å². The summed E-state index contributed by atoms with van der Waals surface area (Å²) < 4.78 is 0. The number of thiocarbonyl (C=S) groups is 1. The Bertz CT molecular complexity index is 430. The molecule has 0 radical (unpaired) electrons. The molecule has 2 heterocycles. The van der Waals surface area contributed by atoms with E-state index in [2.05, 4.69) is 9.88 Å². The lowest BCUT2D eigenvalue weighted by Crippen LogP contribution is -2.28. The van der Waals surface area contributed by atoms with Gasteiger partial charge in [0.15, 0.2) is 0 Å². The van der Waals surface area contributed by atoms with Gasteiger partial charge in [0.25, 0.3) is 0 Å². The highest BCUT2D eigenvalue weighted by Crippen LogP contribution is 2.24. The monoisotopic (exact) mass is 265 g/mol. The second-order valence-corrected chi connectivity index (χ2v) is 5.54. The third-order valence-corrected chi connectivity index (χ3v) is 3.64. The van der Waals surface area contributed by atoms with Crippen LogP contribution in [0.5, 0.6) is 0 Å². The summed E-state index contributed by atoms with van der Waals surface area (Å²) in [5.74, 6) is 0. The van der Waals surface area contributed by atoms with Crippen molar-refractivity contribution in [1.82, 2.24) is 4.98 Å². The van der Waals surface area contributed by atoms with Crippen molar-refractivity contribution in [2.75, 3.05) is 18.0 Å². The van der Waals surface area contributed by atoms with E-state index in [-0.39, 0.29) is 0 Å². The Morgan fingerprint density at radius 2 is 2.22 bits per heavy atom. The topological polar surface area (TPSA) is 62.4 Å². The van der Waals surface area contributed by atoms with Gasteiger partial charge in [-0.1, -0.05) is 12.2 Å². The quantitative estimate of drug-likeness (QED) is 0.793. The van der Waals surface area contributed by atoms with Crippen molar-refractivity contribution in [3.8, 4) is 0 Å². The highest BCUT2D eigenvalue weighted by Gasteiger charge is 2.25. The van der Waals surface area contributed by atoms with Gasteiger partial charge in [-0.15, -0.1) is 0 Å². The summed E-state index contributed by atoms with van der Waals surface area (Å²) >= 11 is 4.88. The maximum atomic E-state index is 10.1. The number of nitrogens with zero attached hydrogens (tertiary/aromatic N) is 2. The Morgan fingerprint density at radius 1 is 1.44 bits per heavy atom. The van der Waals surface area contributed by atoms with Crippen LogP contribution in [-0.4, -0.2) is 33.8 Å². The molecule has 1 saturated heterocycles. The zero-order valence-corrected chi connectivity index (χ0v) is 11.4. The number of pyridine rings is 1. The van der Waals surface area contributed by atoms with Gasteiger partial charge in [0.2, 0.25) is 0 Å². The molecule has 1 aromatic rings. The molecule has 0 amide bonds. The molecule has 0 bridgehead atoms. The van der Waals surface area contributed by atoms with Crippen LogP contribution in [0.15, 0.2) is 18.3 Å². The highest BCUT2D eigenvalue weighted by atomic mass is 32.1. The molecule has 1 atom stereocenters. The average Bonchev–Trinajstić information content (AvgIpc) is 2.50. The van der Waals surface area contributed by atoms with Crippen LogP contribution in [0.2, 0.25) is 0 Å². The van der Waals surface area contributed by atoms with Gasteiger partial charge in [0, 0.05) is 13.1 Å². The van der Waals surface area contributed by atoms with E-state index in [4.69, 9.17) is 18.0 Å². The summed E-state index contributed by atoms with van der Waals surface area (Å²) in [5.41, 5.74) is 6.70. The minimum Gasteiger partial charge on any atom is -0.390 e. The Labute approximate surface area is 113 Å². The molecular formula is C13H19N3OS. The maximum absolute atomic E-state index is 10.1. The van der Waals surface area contributed by atoms with Gasteiger partial charge in [0.1, 0.15) is 4.99 Å². The number of hydrogen-bond donors (Lipinski definition) is 2. The first kappa shape index (κ1) is 13.2. The van der Waals surface area contributed by atoms with Crippen molar-refractivity contribution in [3.05, 3.63) is 24.0 Å². The largest absolute Gasteiger partial charge is 0.390 e. The fourth-order valence-electron chi connectivity index (χ4n) is 2.24. The van der Waals surface area contributed by atoms with E-state index in [1.807, 2.05) is 19.1 Å². The SMILES string of the molecule is CC1(O)CCCN(c2ccc(C(N)=S)nc2)CC1. The first-order chi connectivity index (χ1) is 8.48. The second-order valence-electron chi connectivity index (χ2n) is 5.10. The maximum Gasteiger partial charge on any atom is 0.122 e. The van der Waals surface area contributed by atoms with Crippen LogP contribution < -0.4 is 10.6 Å². The minimum atomic E-state index is -0.541. The fraction of sp³-hybridized carbons (Fsp3) is 0.538. The molecule has 1 fully saturated rings. The van der Waals surface area contributed by atoms with Gasteiger partial charge in [-0.25, -0.2) is 0 Å². The van der Waals surface area contributed by atoms with E-state index in [1.165, 1.54) is 0 Å². The van der Waals surface area contributed by atoms with Gasteiger partial charge < -0.3 is 15.7 Å². The molecule has 98 valence electrons. The molecular weight excluding hydrogens is 246 g/mol. The fourth-order valence-corrected chi connectivity index (χ4v) is 2.36. The Kier molecular flexibility index (Phi) is 3.82. The normalized spacial score (nSPS) is 24.7. The number of anilines is 1. The lowest BCUT2D eigenvalue weighted by molar-refractivity contribution is 0.0481. The number of aliphatic hydroxyl groups is 1. The summed E-state index contributed by atoms with van der Waals surface area (Å²) in [6.07, 6.45) is 4.42. The van der Waals surface area contributed by atoms with E-state index in [1.54, 1.807) is 6.20 Å². The molecule has 2 rings (SSSR count). The summed E-state index contributed by atoms with van der Waals surface area (Å²) in [4.78, 5) is 6.82. The van der Waals surface area contributed by atoms with Crippen LogP contribution in [0.1, 0.15) is 31.9 Å². The van der Waals surface area contributed by atoms with Crippen LogP contribution in [0.3, 0.4) is 0 Å². The van der Waals surface area contributed by atoms with Crippen molar-refractivity contribution in [2.24, 2.45) is 5.73 Å². The molecule has 1 aromatic heterocycles. The van der Waals surface area contributed by atoms with Crippen molar-refractivity contribution in [1.29, 1.82) is 0 Å². The van der Waals surface area contributed by atoms with E-state index in [9.17, 15) is 5.11 Å². The van der Waals surface area contributed by atoms with Gasteiger partial charge in [-0.05, 0) is 38.3 Å². The van der Waals surface area contributed by atoms with E-state index >= 15 is 0 Å². The molecule has 0 aromatic carbocycles. The van der Waals surface area contributed by atoms with Crippen LogP contribution in [0, 0.1) is 0 Å². The van der Waals surface area contributed by atoms with Crippen molar-refractivity contribution in [3.63, 3.8) is 0 Å². The molecule has 0 saturated carbocycles. The summed E-state index contributed by atoms with van der Waals surface area (Å²) in [6.45, 7) is 3.70. The van der Waals surface area contributed by atoms with Gasteiger partial charge in [-0.3, -0.25) is 4.98 Å². The molecule has 4 nitrogen and oxygen atoms in total. The number of rotatable bonds is 2. The van der Waals surface area contributed by atoms with E-state index < -0.39 is 5.60 Å². The highest BCUT2D eigenvalue weighted by molar-refractivity contribution is 7.80. The molecule has 5 heteroatoms. The zero-order chi connectivity index (χ0) is 13.2. The summed E-state index contributed by atoms with van der Waals surface area (Å²) in [6, 6.07) is 3.84. The van der Waals surface area contributed by atoms with Crippen LogP contribution in [0.25, 0.3) is 0 Å². The third-order valence-electron chi connectivity index (χ3n) is 3.43. The lowest BCUT2D eigenvalue weighted by Gasteiger charge is -2.24. The van der Waals surface area contributed by atoms with Gasteiger partial charge >= 0.3 is 0 Å². The standard InChI is InChI=1S/C13H19N3OS/c1-13(17)5-2-7-16(8-6-13)10-3-4-11(12(14)18)15-9-10/h3-4,9,17H,2,5-8H2,1H3,(H2,14,18). The molecule has 1 aliphatic heterocycles. The minimum absolute atomic E-state index is 0.320. The van der Waals surface area contributed by atoms with Gasteiger partial charge in [-0.2, -0.15) is 0 Å². The second kappa shape index (κ2) is 5.20. The molecule has 18 heavy (non-hydrogen) atoms. The third kappa shape index (κ3) is 3.17. The zero-order valence-electron chi connectivity index (χ0n) is 10.6. The Hall–Kier alpha value is -1.20. The smallest absolute Gasteiger partial charge is 0.122 e. The average molecular weight is 265 g/mol. The Morgan fingerprint density at radius 3 is 2.83 bits per heavy atom. The van der Waals surface area contributed by atoms with Crippen LogP contribution >= 0.6 is 12.2 Å². The summed E-state index contributed by atoms with van der Waals surface area (Å²) in [7, 11) is 0. The van der Waals surface area contributed by atoms with Crippen LogP contribution in [0.4, 0.5) is 5.69 Å². The van der Waals surface area contributed by atoms with Gasteiger partial charge in [0.05, 0.1) is 23.2 Å². The van der Waals surface area contributed by atoms with E-state index in [0.29, 0.717) is 10.7 Å². The molecule has 0 aliphatic carbocycles. The van der Waals surface area contributed by atoms with E-state index in [0.717, 1.165) is 38.0 Å². The number of nitrogens with two attached hydrogens (primary N) is 1. The molecule has 1 unspecified atom stereocenters. The predicted molar refractivity (Wildman–Crippen MR) is 76.8 cm³/mol. The summed E-state index contributed by atoms with van der Waals surface area (Å²) in [5, 5.41) is 10.1.